The number of nitrogens with one attached hydrogen (secondary N) is 3. The molecule has 1 aliphatic heterocycles. The van der Waals surface area contributed by atoms with E-state index in [0.29, 0.717) is 28.7 Å². The number of hydrogen-bond donors (Lipinski definition) is 5. The van der Waals surface area contributed by atoms with Crippen LogP contribution in [0.4, 0.5) is 10.1 Å². The Balaban J connectivity index is 1.47. The molecule has 0 aromatic heterocycles. The van der Waals surface area contributed by atoms with Gasteiger partial charge in [-0.25, -0.2) is 17.5 Å². The Bertz CT molecular complexity index is 2040. The van der Waals surface area contributed by atoms with E-state index in [4.69, 9.17) is 9.57 Å². The van der Waals surface area contributed by atoms with E-state index in [9.17, 15) is 28.2 Å². The standard InChI is InChI=1S/C44H62FN5O8S/c1-11-12-13-14-15-36(48-59(10,55)56)26(3)46-42(53)29-18-28(19-31(20-29)49(7)8)32-16-17-35(45)33(41(32)57-9)23-50-40(39(27(4)52)38(24-51)58-50)43(54)47-37-22-30-21-34(25(37)2)44(30,5)6/h11-20,25-27,30,34,36-40,48,51-52H,1,21-24H2,2-10H3,(H,46,53)(H,47,54)/b13-12-,15-14+/t25-,26+,27-,30-,34+,36-,37-,38-,39+,40-/m0/s1. The number of sulfonamides is 1. The van der Waals surface area contributed by atoms with Gasteiger partial charge >= 0.3 is 0 Å². The monoisotopic (exact) mass is 839 g/mol. The Morgan fingerprint density at radius 1 is 1.15 bits per heavy atom. The zero-order chi connectivity index (χ0) is 43.6. The topological polar surface area (TPSA) is 170 Å². The highest BCUT2D eigenvalue weighted by Crippen LogP contribution is 2.61. The Hall–Kier alpha value is -4.12. The number of fused-ring (bicyclic) bond motifs is 2. The van der Waals surface area contributed by atoms with Gasteiger partial charge in [-0.05, 0) is 85.8 Å². The van der Waals surface area contributed by atoms with Crippen molar-refractivity contribution in [3.8, 4) is 16.9 Å². The van der Waals surface area contributed by atoms with Crippen LogP contribution in [0.15, 0.2) is 67.3 Å². The van der Waals surface area contributed by atoms with Gasteiger partial charge in [-0.1, -0.05) is 57.7 Å². The summed E-state index contributed by atoms with van der Waals surface area (Å²) in [6.07, 6.45) is 9.30. The van der Waals surface area contributed by atoms with Gasteiger partial charge in [0.15, 0.2) is 0 Å². The molecule has 6 rings (SSSR count). The predicted octanol–water partition coefficient (Wildman–Crippen LogP) is 4.56. The molecule has 4 aliphatic rings. The zero-order valence-electron chi connectivity index (χ0n) is 35.6. The zero-order valence-corrected chi connectivity index (χ0v) is 36.4. The van der Waals surface area contributed by atoms with Crippen molar-refractivity contribution >= 4 is 27.5 Å². The second-order valence-corrected chi connectivity index (χ2v) is 19.0. The molecule has 13 nitrogen and oxygen atoms in total. The maximum Gasteiger partial charge on any atom is 0.251 e. The molecule has 5 N–H and O–H groups in total. The number of hydrogen-bond acceptors (Lipinski definition) is 10. The van der Waals surface area contributed by atoms with Crippen LogP contribution in [-0.2, 0) is 26.2 Å². The Morgan fingerprint density at radius 2 is 1.86 bits per heavy atom. The highest BCUT2D eigenvalue weighted by molar-refractivity contribution is 7.88. The highest BCUT2D eigenvalue weighted by atomic mass is 32.2. The Kier molecular flexibility index (Phi) is 14.5. The molecule has 3 aliphatic carbocycles. The first kappa shape index (κ1) is 46.0. The van der Waals surface area contributed by atoms with Gasteiger partial charge in [-0.15, -0.1) is 0 Å². The molecule has 3 saturated carbocycles. The molecule has 1 heterocycles. The van der Waals surface area contributed by atoms with Crippen LogP contribution in [0, 0.1) is 34.9 Å². The first-order valence-electron chi connectivity index (χ1n) is 20.2. The van der Waals surface area contributed by atoms with Gasteiger partial charge in [0, 0.05) is 54.5 Å². The number of hydroxylamine groups is 2. The van der Waals surface area contributed by atoms with Crippen molar-refractivity contribution in [1.29, 1.82) is 0 Å². The normalized spacial score (nSPS) is 26.9. The minimum Gasteiger partial charge on any atom is -0.496 e. The van der Waals surface area contributed by atoms with Crippen LogP contribution in [0.25, 0.3) is 11.1 Å². The number of carbonyl (C=O) groups is 2. The summed E-state index contributed by atoms with van der Waals surface area (Å²) in [4.78, 5) is 36.1. The molecule has 0 unspecified atom stereocenters. The number of aliphatic hydroxyl groups is 2. The van der Waals surface area contributed by atoms with Gasteiger partial charge in [-0.2, -0.15) is 5.06 Å². The summed E-state index contributed by atoms with van der Waals surface area (Å²) < 4.78 is 48.9. The van der Waals surface area contributed by atoms with E-state index < -0.39 is 64.6 Å². The molecule has 2 bridgehead atoms. The largest absolute Gasteiger partial charge is 0.496 e. The third-order valence-electron chi connectivity index (χ3n) is 12.7. The Labute approximate surface area is 348 Å². The fourth-order valence-corrected chi connectivity index (χ4v) is 10.0. The second kappa shape index (κ2) is 18.7. The van der Waals surface area contributed by atoms with Gasteiger partial charge in [0.2, 0.25) is 15.9 Å². The number of halogens is 1. The molecule has 15 heteroatoms. The fraction of sp³-hybridized carbons (Fsp3) is 0.545. The van der Waals surface area contributed by atoms with E-state index >= 15 is 4.39 Å². The third-order valence-corrected chi connectivity index (χ3v) is 13.4. The maximum absolute atomic E-state index is 16.1. The van der Waals surface area contributed by atoms with Gasteiger partial charge < -0.3 is 30.5 Å². The highest BCUT2D eigenvalue weighted by Gasteiger charge is 2.57. The van der Waals surface area contributed by atoms with Crippen molar-refractivity contribution in [2.24, 2.45) is 29.1 Å². The molecular formula is C44H62FN5O8S. The van der Waals surface area contributed by atoms with E-state index in [0.717, 1.165) is 19.1 Å². The molecule has 4 fully saturated rings. The van der Waals surface area contributed by atoms with Crippen LogP contribution in [-0.4, -0.2) is 106 Å². The molecule has 10 atom stereocenters. The van der Waals surface area contributed by atoms with E-state index in [-0.39, 0.29) is 46.7 Å². The lowest BCUT2D eigenvalue weighted by Crippen LogP contribution is -2.62. The summed E-state index contributed by atoms with van der Waals surface area (Å²) in [5.74, 6) is -0.937. The van der Waals surface area contributed by atoms with Crippen LogP contribution in [0.5, 0.6) is 5.75 Å². The molecule has 2 aromatic rings. The van der Waals surface area contributed by atoms with Gasteiger partial charge in [0.25, 0.3) is 5.91 Å². The SMILES string of the molecule is C=C/C=C\C=C\[C@H](NS(C)(=O)=O)[C@@H](C)NC(=O)c1cc(-c2ccc(F)c(CN3O[C@@H](CO)[C@@H]([C@H](C)O)[C@H]3C(=O)N[C@H]3C[C@@H]4C[C@H]([C@@H]3C)C4(C)C)c2OC)cc(N(C)C)c1. The van der Waals surface area contributed by atoms with Crippen molar-refractivity contribution in [3.63, 3.8) is 0 Å². The summed E-state index contributed by atoms with van der Waals surface area (Å²) in [6, 6.07) is 5.40. The fourth-order valence-electron chi connectivity index (χ4n) is 9.27. The van der Waals surface area contributed by atoms with Crippen LogP contribution < -0.4 is 25.0 Å². The lowest BCUT2D eigenvalue weighted by atomic mass is 9.45. The Morgan fingerprint density at radius 3 is 2.44 bits per heavy atom. The quantitative estimate of drug-likeness (QED) is 0.143. The molecule has 59 heavy (non-hydrogen) atoms. The predicted molar refractivity (Wildman–Crippen MR) is 227 cm³/mol. The minimum absolute atomic E-state index is 0.0709. The number of benzene rings is 2. The average Bonchev–Trinajstić information content (AvgIpc) is 3.55. The number of anilines is 1. The van der Waals surface area contributed by atoms with Gasteiger partial charge in [-0.3, -0.25) is 14.4 Å². The molecule has 1 saturated heterocycles. The first-order chi connectivity index (χ1) is 27.7. The molecule has 0 radical (unpaired) electrons. The average molecular weight is 840 g/mol. The maximum atomic E-state index is 16.1. The summed E-state index contributed by atoms with van der Waals surface area (Å²) in [5.41, 5.74) is 2.16. The van der Waals surface area contributed by atoms with E-state index in [1.165, 1.54) is 18.2 Å². The van der Waals surface area contributed by atoms with Crippen LogP contribution >= 0.6 is 0 Å². The number of carbonyl (C=O) groups excluding carboxylic acids is 2. The van der Waals surface area contributed by atoms with E-state index in [1.807, 2.05) is 25.1 Å². The number of allylic oxidation sites excluding steroid dienone is 4. The van der Waals surface area contributed by atoms with Crippen molar-refractivity contribution in [2.45, 2.75) is 90.4 Å². The summed E-state index contributed by atoms with van der Waals surface area (Å²) >= 11 is 0. The number of rotatable bonds is 17. The third kappa shape index (κ3) is 10.1. The molecule has 0 spiro atoms. The lowest BCUT2D eigenvalue weighted by Gasteiger charge is -2.62. The van der Waals surface area contributed by atoms with Crippen LogP contribution in [0.2, 0.25) is 0 Å². The number of methoxy groups -OCH3 is 1. The van der Waals surface area contributed by atoms with Gasteiger partial charge in [0.1, 0.15) is 23.7 Å². The summed E-state index contributed by atoms with van der Waals surface area (Å²) in [7, 11) is 1.39. The van der Waals surface area contributed by atoms with Crippen molar-refractivity contribution in [1.82, 2.24) is 20.4 Å². The number of ether oxygens (including phenoxy) is 1. The molecule has 2 amide bonds. The number of nitrogens with zero attached hydrogens (tertiary/aromatic N) is 2. The molecular weight excluding hydrogens is 778 g/mol. The van der Waals surface area contributed by atoms with Crippen LogP contribution in [0.3, 0.4) is 0 Å². The summed E-state index contributed by atoms with van der Waals surface area (Å²) in [6.45, 7) is 12.9. The number of aliphatic hydroxyl groups excluding tert-OH is 2. The lowest BCUT2D eigenvalue weighted by molar-refractivity contribution is -0.183. The van der Waals surface area contributed by atoms with Crippen molar-refractivity contribution in [3.05, 3.63) is 84.2 Å². The second-order valence-electron chi connectivity index (χ2n) is 17.2. The van der Waals surface area contributed by atoms with Crippen LogP contribution in [0.1, 0.15) is 63.4 Å². The smallest absolute Gasteiger partial charge is 0.251 e. The summed E-state index contributed by atoms with van der Waals surface area (Å²) in [5, 5.41) is 28.8. The van der Waals surface area contributed by atoms with Gasteiger partial charge in [0.05, 0.1) is 38.7 Å². The number of amides is 2. The molecule has 2 aromatic carbocycles. The minimum atomic E-state index is -3.64. The first-order valence-corrected chi connectivity index (χ1v) is 22.1. The molecule has 324 valence electrons. The van der Waals surface area contributed by atoms with Crippen molar-refractivity contribution < 1.29 is 42.2 Å². The van der Waals surface area contributed by atoms with E-state index in [1.54, 1.807) is 62.4 Å². The van der Waals surface area contributed by atoms with E-state index in [2.05, 4.69) is 42.7 Å². The van der Waals surface area contributed by atoms with Crippen molar-refractivity contribution in [2.75, 3.05) is 39.0 Å².